The van der Waals surface area contributed by atoms with Gasteiger partial charge in [0.1, 0.15) is 5.15 Å². The maximum absolute atomic E-state index is 13.3. The molecule has 0 saturated heterocycles. The molecule has 0 aromatic carbocycles. The Bertz CT molecular complexity index is 1100. The van der Waals surface area contributed by atoms with Crippen LogP contribution >= 0.6 is 36.3 Å². The third-order valence-corrected chi connectivity index (χ3v) is 4.72. The van der Waals surface area contributed by atoms with Gasteiger partial charge in [-0.05, 0) is 18.2 Å². The normalized spacial score (nSPS) is 11.5. The molecule has 128 valence electrons. The van der Waals surface area contributed by atoms with E-state index in [1.165, 1.54) is 17.3 Å². The average molecular weight is 400 g/mol. The van der Waals surface area contributed by atoms with Gasteiger partial charge >= 0.3 is 0 Å². The van der Waals surface area contributed by atoms with Crippen LogP contribution in [-0.2, 0) is 0 Å². The molecule has 0 unspecified atom stereocenters. The number of nitrogens with zero attached hydrogens (tertiary/aromatic N) is 5. The van der Waals surface area contributed by atoms with Crippen molar-refractivity contribution in [3.8, 4) is 17.0 Å². The van der Waals surface area contributed by atoms with Gasteiger partial charge in [-0.3, -0.25) is 0 Å². The fraction of sp³-hybridized carbons (Fsp3) is 0.0714. The van der Waals surface area contributed by atoms with Crippen molar-refractivity contribution >= 4 is 58.3 Å². The van der Waals surface area contributed by atoms with Crippen molar-refractivity contribution in [2.75, 3.05) is 7.11 Å². The molecule has 0 aliphatic heterocycles. The number of rotatable bonds is 4. The third kappa shape index (κ3) is 2.60. The summed E-state index contributed by atoms with van der Waals surface area (Å²) in [6.45, 7) is 0. The van der Waals surface area contributed by atoms with Gasteiger partial charge in [0.25, 0.3) is 0 Å². The Morgan fingerprint density at radius 1 is 1.12 bits per heavy atom. The molecular formula is C14H8ClF2N5OS2. The summed E-state index contributed by atoms with van der Waals surface area (Å²) in [5.41, 5.74) is 1.99. The van der Waals surface area contributed by atoms with Gasteiger partial charge in [-0.25, -0.2) is 8.96 Å². The quantitative estimate of drug-likeness (QED) is 0.456. The predicted octanol–water partition coefficient (Wildman–Crippen LogP) is 4.87. The number of ether oxygens (including phenoxy) is 1. The van der Waals surface area contributed by atoms with Crippen molar-refractivity contribution in [1.82, 2.24) is 23.1 Å². The highest BCUT2D eigenvalue weighted by molar-refractivity contribution is 7.93. The largest absolute Gasteiger partial charge is 0.480 e. The number of pyridine rings is 2. The molecule has 0 fully saturated rings. The van der Waals surface area contributed by atoms with Crippen LogP contribution in [0.25, 0.3) is 33.2 Å². The van der Waals surface area contributed by atoms with E-state index in [4.69, 9.17) is 16.3 Å². The van der Waals surface area contributed by atoms with Crippen molar-refractivity contribution in [3.63, 3.8) is 0 Å². The van der Waals surface area contributed by atoms with Crippen molar-refractivity contribution < 1.29 is 12.5 Å². The Kier molecular flexibility index (Phi) is 4.18. The molecule has 0 spiro atoms. The molecule has 0 aliphatic carbocycles. The van der Waals surface area contributed by atoms with Crippen molar-refractivity contribution in [3.05, 3.63) is 35.7 Å². The lowest BCUT2D eigenvalue weighted by Crippen LogP contribution is -1.94. The summed E-state index contributed by atoms with van der Waals surface area (Å²) < 4.78 is 33.9. The zero-order valence-electron chi connectivity index (χ0n) is 12.5. The summed E-state index contributed by atoms with van der Waals surface area (Å²) in [5.74, 6) is 0.265. The lowest BCUT2D eigenvalue weighted by atomic mass is 10.1. The average Bonchev–Trinajstić information content (AvgIpc) is 3.20. The van der Waals surface area contributed by atoms with E-state index >= 15 is 0 Å². The first-order valence-electron chi connectivity index (χ1n) is 6.85. The van der Waals surface area contributed by atoms with Crippen LogP contribution in [0.2, 0.25) is 5.15 Å². The second-order valence-electron chi connectivity index (χ2n) is 4.99. The minimum atomic E-state index is -0.0565. The Morgan fingerprint density at radius 3 is 2.68 bits per heavy atom. The monoisotopic (exact) mass is 399 g/mol. The summed E-state index contributed by atoms with van der Waals surface area (Å²) in [7, 11) is 1.46. The second-order valence-corrected chi connectivity index (χ2v) is 6.39. The van der Waals surface area contributed by atoms with Gasteiger partial charge in [-0.2, -0.15) is 14.2 Å². The summed E-state index contributed by atoms with van der Waals surface area (Å²) in [4.78, 5) is 8.49. The molecule has 0 bridgehead atoms. The standard InChI is InChI=1S/C14H8ClF2N5OS2/c1-23-14-9(4-7-5-18-22(25-17)12(7)20-14)10-6-21(24-16)13-8(10)2-3-11(15)19-13/h2-6H,1H3. The van der Waals surface area contributed by atoms with E-state index in [0.29, 0.717) is 33.2 Å². The first kappa shape index (κ1) is 16.4. The summed E-state index contributed by atoms with van der Waals surface area (Å²) in [6, 6.07) is 5.13. The fourth-order valence-corrected chi connectivity index (χ4v) is 3.43. The highest BCUT2D eigenvalue weighted by Crippen LogP contribution is 2.38. The van der Waals surface area contributed by atoms with Gasteiger partial charge in [-0.1, -0.05) is 11.6 Å². The van der Waals surface area contributed by atoms with Crippen LogP contribution in [0.15, 0.2) is 30.6 Å². The zero-order chi connectivity index (χ0) is 17.6. The van der Waals surface area contributed by atoms with Crippen LogP contribution in [-0.4, -0.2) is 30.2 Å². The van der Waals surface area contributed by atoms with Crippen molar-refractivity contribution in [1.29, 1.82) is 0 Å². The van der Waals surface area contributed by atoms with Crippen LogP contribution in [0.3, 0.4) is 0 Å². The number of halogens is 3. The molecule has 0 saturated carbocycles. The maximum Gasteiger partial charge on any atom is 0.223 e. The Labute approximate surface area is 154 Å². The van der Waals surface area contributed by atoms with Gasteiger partial charge in [0.15, 0.2) is 36.0 Å². The molecule has 6 nitrogen and oxygen atoms in total. The van der Waals surface area contributed by atoms with Crippen molar-refractivity contribution in [2.24, 2.45) is 0 Å². The molecule has 0 radical (unpaired) electrons. The smallest absolute Gasteiger partial charge is 0.223 e. The number of methoxy groups -OCH3 is 1. The van der Waals surface area contributed by atoms with Crippen LogP contribution in [0, 0.1) is 0 Å². The van der Waals surface area contributed by atoms with E-state index in [0.717, 1.165) is 4.09 Å². The molecule has 4 aromatic rings. The first-order valence-corrected chi connectivity index (χ1v) is 8.57. The van der Waals surface area contributed by atoms with E-state index in [1.54, 1.807) is 24.4 Å². The molecule has 4 rings (SSSR count). The predicted molar refractivity (Wildman–Crippen MR) is 96.0 cm³/mol. The van der Waals surface area contributed by atoms with Crippen molar-refractivity contribution in [2.45, 2.75) is 0 Å². The van der Waals surface area contributed by atoms with Gasteiger partial charge in [0.2, 0.25) is 5.88 Å². The summed E-state index contributed by atoms with van der Waals surface area (Å²) >= 11 is 5.87. The summed E-state index contributed by atoms with van der Waals surface area (Å²) in [6.07, 6.45) is 3.08. The van der Waals surface area contributed by atoms with Gasteiger partial charge < -0.3 is 4.74 Å². The number of aromatic nitrogens is 5. The lowest BCUT2D eigenvalue weighted by Gasteiger charge is -2.07. The molecule has 0 atom stereocenters. The van der Waals surface area contributed by atoms with E-state index in [9.17, 15) is 7.77 Å². The topological polar surface area (TPSA) is 57.8 Å². The number of hydrogen-bond acceptors (Lipinski definition) is 6. The minimum absolute atomic E-state index is 0.0122. The highest BCUT2D eigenvalue weighted by atomic mass is 35.5. The molecule has 25 heavy (non-hydrogen) atoms. The lowest BCUT2D eigenvalue weighted by molar-refractivity contribution is 0.401. The summed E-state index contributed by atoms with van der Waals surface area (Å²) in [5, 5.41) is 5.47. The molecule has 0 N–H and O–H groups in total. The van der Waals surface area contributed by atoms with Crippen LogP contribution in [0.5, 0.6) is 5.88 Å². The minimum Gasteiger partial charge on any atom is -0.480 e. The van der Waals surface area contributed by atoms with Crippen LogP contribution in [0.4, 0.5) is 7.77 Å². The first-order chi connectivity index (χ1) is 12.2. The maximum atomic E-state index is 13.3. The molecule has 4 heterocycles. The highest BCUT2D eigenvalue weighted by Gasteiger charge is 2.19. The molecular weight excluding hydrogens is 392 g/mol. The third-order valence-electron chi connectivity index (χ3n) is 3.69. The van der Waals surface area contributed by atoms with E-state index < -0.39 is 0 Å². The Morgan fingerprint density at radius 2 is 1.96 bits per heavy atom. The molecule has 0 aliphatic rings. The number of hydrogen-bond donors (Lipinski definition) is 0. The van der Waals surface area contributed by atoms with Gasteiger partial charge in [0, 0.05) is 28.1 Å². The molecule has 0 amide bonds. The fourth-order valence-electron chi connectivity index (χ4n) is 2.64. The SMILES string of the molecule is COc1nc2c(cnn2SF)cc1-c1cn(SF)c2nc(Cl)ccc12. The Hall–Kier alpha value is -2.04. The van der Waals surface area contributed by atoms with Gasteiger partial charge in [0.05, 0.1) is 13.3 Å². The van der Waals surface area contributed by atoms with Crippen LogP contribution < -0.4 is 4.74 Å². The molecule has 4 aromatic heterocycles. The van der Waals surface area contributed by atoms with Gasteiger partial charge in [-0.15, -0.1) is 7.77 Å². The zero-order valence-corrected chi connectivity index (χ0v) is 14.9. The second kappa shape index (κ2) is 6.36. The van der Waals surface area contributed by atoms with E-state index in [-0.39, 0.29) is 35.7 Å². The van der Waals surface area contributed by atoms with E-state index in [2.05, 4.69) is 15.1 Å². The van der Waals surface area contributed by atoms with Crippen LogP contribution in [0.1, 0.15) is 0 Å². The molecule has 11 heteroatoms. The number of fused-ring (bicyclic) bond motifs is 2. The van der Waals surface area contributed by atoms with E-state index in [1.807, 2.05) is 0 Å². The Balaban J connectivity index is 2.02.